The number of likely N-dealkylation sites (tertiary alicyclic amines) is 1. The summed E-state index contributed by atoms with van der Waals surface area (Å²) in [6.45, 7) is 0.806. The fraction of sp³-hybridized carbons (Fsp3) is 0.300. The molecule has 4 rings (SSSR count). The van der Waals surface area contributed by atoms with Crippen LogP contribution in [0.1, 0.15) is 17.8 Å². The Balaban J connectivity index is 1.45. The maximum absolute atomic E-state index is 12.8. The summed E-state index contributed by atoms with van der Waals surface area (Å²) in [6.07, 6.45) is -0.324. The van der Waals surface area contributed by atoms with E-state index in [1.165, 1.54) is 6.07 Å². The molecule has 2 aromatic carbocycles. The Bertz CT molecular complexity index is 1020. The van der Waals surface area contributed by atoms with Crippen LogP contribution in [0.3, 0.4) is 0 Å². The van der Waals surface area contributed by atoms with Crippen LogP contribution >= 0.6 is 23.2 Å². The Kier molecular flexibility index (Phi) is 5.65. The third-order valence-electron chi connectivity index (χ3n) is 5.03. The van der Waals surface area contributed by atoms with Crippen molar-refractivity contribution in [1.29, 1.82) is 0 Å². The van der Waals surface area contributed by atoms with E-state index >= 15 is 0 Å². The normalized spacial score (nSPS) is 19.7. The van der Waals surface area contributed by atoms with Crippen LogP contribution < -0.4 is 5.32 Å². The molecule has 1 aliphatic heterocycles. The molecule has 29 heavy (non-hydrogen) atoms. The zero-order valence-corrected chi connectivity index (χ0v) is 16.9. The standard InChI is InChI=1S/C20H20Cl2N4O3/c21-12-5-11(19(28)14(22)6-12)9-26-10-13(27)7-17(26)20(29)23-8-18-24-15-3-1-2-4-16(15)25-18/h1-6,13,17,27-28H,7-10H2,(H,23,29)(H,24,25)/t13-,17+/m1/s1. The van der Waals surface area contributed by atoms with Crippen LogP contribution in [0.5, 0.6) is 5.75 Å². The number of benzene rings is 2. The van der Waals surface area contributed by atoms with Gasteiger partial charge in [0.25, 0.3) is 0 Å². The first-order chi connectivity index (χ1) is 13.9. The van der Waals surface area contributed by atoms with E-state index < -0.39 is 12.1 Å². The number of aromatic nitrogens is 2. The number of hydrogen-bond acceptors (Lipinski definition) is 5. The number of imidazole rings is 1. The molecule has 1 aromatic heterocycles. The van der Waals surface area contributed by atoms with Crippen molar-refractivity contribution in [2.24, 2.45) is 0 Å². The van der Waals surface area contributed by atoms with Gasteiger partial charge in [0.1, 0.15) is 11.6 Å². The number of carbonyl (C=O) groups is 1. The number of aromatic hydroxyl groups is 1. The highest BCUT2D eigenvalue weighted by atomic mass is 35.5. The van der Waals surface area contributed by atoms with Crippen LogP contribution in [0.15, 0.2) is 36.4 Å². The van der Waals surface area contributed by atoms with Gasteiger partial charge in [-0.15, -0.1) is 0 Å². The molecule has 152 valence electrons. The molecule has 0 saturated carbocycles. The average Bonchev–Trinajstić information content (AvgIpc) is 3.26. The molecule has 9 heteroatoms. The van der Waals surface area contributed by atoms with Gasteiger partial charge in [-0.2, -0.15) is 0 Å². The van der Waals surface area contributed by atoms with E-state index in [1.807, 2.05) is 24.3 Å². The first kappa shape index (κ1) is 20.0. The lowest BCUT2D eigenvalue weighted by atomic mass is 10.1. The van der Waals surface area contributed by atoms with Gasteiger partial charge >= 0.3 is 0 Å². The van der Waals surface area contributed by atoms with Gasteiger partial charge < -0.3 is 20.5 Å². The number of carbonyl (C=O) groups excluding carboxylic acids is 1. The number of fused-ring (bicyclic) bond motifs is 1. The van der Waals surface area contributed by atoms with Gasteiger partial charge in [-0.25, -0.2) is 4.98 Å². The Labute approximate surface area is 177 Å². The Morgan fingerprint density at radius 1 is 1.31 bits per heavy atom. The van der Waals surface area contributed by atoms with Gasteiger partial charge in [-0.1, -0.05) is 35.3 Å². The molecule has 3 aromatic rings. The number of aliphatic hydroxyl groups is 1. The van der Waals surface area contributed by atoms with E-state index in [9.17, 15) is 15.0 Å². The number of H-pyrrole nitrogens is 1. The molecule has 0 aliphatic carbocycles. The van der Waals surface area contributed by atoms with Crippen molar-refractivity contribution in [2.75, 3.05) is 6.54 Å². The second kappa shape index (κ2) is 8.20. The lowest BCUT2D eigenvalue weighted by Gasteiger charge is -2.24. The molecule has 1 fully saturated rings. The summed E-state index contributed by atoms with van der Waals surface area (Å²) in [7, 11) is 0. The third kappa shape index (κ3) is 4.33. The van der Waals surface area contributed by atoms with Crippen molar-refractivity contribution < 1.29 is 15.0 Å². The predicted octanol–water partition coefficient (Wildman–Crippen LogP) is 2.83. The number of aliphatic hydroxyl groups excluding tert-OH is 1. The molecule has 0 unspecified atom stereocenters. The summed E-state index contributed by atoms with van der Waals surface area (Å²) >= 11 is 12.0. The number of amides is 1. The second-order valence-corrected chi connectivity index (χ2v) is 7.99. The number of phenols is 1. The van der Waals surface area contributed by atoms with E-state index in [0.717, 1.165) is 11.0 Å². The monoisotopic (exact) mass is 434 g/mol. The van der Waals surface area contributed by atoms with E-state index in [1.54, 1.807) is 11.0 Å². The van der Waals surface area contributed by atoms with Crippen molar-refractivity contribution in [1.82, 2.24) is 20.2 Å². The largest absolute Gasteiger partial charge is 0.506 e. The fourth-order valence-corrected chi connectivity index (χ4v) is 4.20. The van der Waals surface area contributed by atoms with Crippen molar-refractivity contribution in [2.45, 2.75) is 31.7 Å². The van der Waals surface area contributed by atoms with Crippen molar-refractivity contribution in [3.05, 3.63) is 57.8 Å². The van der Waals surface area contributed by atoms with Crippen molar-refractivity contribution >= 4 is 40.1 Å². The molecule has 1 aliphatic rings. The molecule has 1 saturated heterocycles. The zero-order valence-electron chi connectivity index (χ0n) is 15.4. The smallest absolute Gasteiger partial charge is 0.237 e. The van der Waals surface area contributed by atoms with Gasteiger partial charge in [0.15, 0.2) is 0 Å². The van der Waals surface area contributed by atoms with Gasteiger partial charge in [0, 0.05) is 23.7 Å². The molecule has 2 heterocycles. The fourth-order valence-electron chi connectivity index (χ4n) is 3.66. The Morgan fingerprint density at radius 3 is 2.90 bits per heavy atom. The number of phenolic OH excluding ortho intramolecular Hbond substituents is 1. The molecular weight excluding hydrogens is 415 g/mol. The lowest BCUT2D eigenvalue weighted by molar-refractivity contribution is -0.125. The number of β-amino-alcohol motifs (C(OH)–C–C–N with tert-alkyl or cyclic N) is 1. The maximum Gasteiger partial charge on any atom is 0.237 e. The minimum Gasteiger partial charge on any atom is -0.506 e. The predicted molar refractivity (Wildman–Crippen MR) is 111 cm³/mol. The van der Waals surface area contributed by atoms with E-state index in [2.05, 4.69) is 15.3 Å². The zero-order chi connectivity index (χ0) is 20.5. The SMILES string of the molecule is O=C(NCc1nc2ccccc2[nH]1)[C@@H]1C[C@@H](O)CN1Cc1cc(Cl)cc(Cl)c1O. The van der Waals surface area contributed by atoms with Crippen LogP contribution in [0.2, 0.25) is 10.0 Å². The Morgan fingerprint density at radius 2 is 2.10 bits per heavy atom. The van der Waals surface area contributed by atoms with Gasteiger partial charge in [0.05, 0.1) is 34.7 Å². The van der Waals surface area contributed by atoms with Gasteiger partial charge in [-0.3, -0.25) is 9.69 Å². The minimum absolute atomic E-state index is 0.0705. The van der Waals surface area contributed by atoms with E-state index in [-0.39, 0.29) is 29.8 Å². The van der Waals surface area contributed by atoms with Crippen LogP contribution in [0.25, 0.3) is 11.0 Å². The number of aromatic amines is 1. The number of halogens is 2. The minimum atomic E-state index is -0.631. The van der Waals surface area contributed by atoms with Gasteiger partial charge in [0.2, 0.25) is 5.91 Å². The summed E-state index contributed by atoms with van der Waals surface area (Å²) in [5.41, 5.74) is 2.25. The van der Waals surface area contributed by atoms with Crippen LogP contribution in [-0.4, -0.2) is 49.7 Å². The highest BCUT2D eigenvalue weighted by molar-refractivity contribution is 6.35. The second-order valence-electron chi connectivity index (χ2n) is 7.15. The molecule has 1 amide bonds. The van der Waals surface area contributed by atoms with Crippen molar-refractivity contribution in [3.8, 4) is 5.75 Å². The van der Waals surface area contributed by atoms with Crippen LogP contribution in [0.4, 0.5) is 0 Å². The molecule has 0 spiro atoms. The summed E-state index contributed by atoms with van der Waals surface area (Å²) < 4.78 is 0. The number of hydrogen-bond donors (Lipinski definition) is 4. The number of nitrogens with zero attached hydrogens (tertiary/aromatic N) is 2. The first-order valence-electron chi connectivity index (χ1n) is 9.21. The van der Waals surface area contributed by atoms with Gasteiger partial charge in [-0.05, 0) is 30.7 Å². The summed E-state index contributed by atoms with van der Waals surface area (Å²) in [5.74, 6) is 0.373. The first-order valence-corrected chi connectivity index (χ1v) is 9.96. The quantitative estimate of drug-likeness (QED) is 0.494. The summed E-state index contributed by atoms with van der Waals surface area (Å²) in [4.78, 5) is 22.2. The highest BCUT2D eigenvalue weighted by Crippen LogP contribution is 2.33. The maximum atomic E-state index is 12.8. The molecular formula is C20H20Cl2N4O3. The van der Waals surface area contributed by atoms with Crippen LogP contribution in [0, 0.1) is 0 Å². The molecule has 7 nitrogen and oxygen atoms in total. The highest BCUT2D eigenvalue weighted by Gasteiger charge is 2.36. The van der Waals surface area contributed by atoms with Crippen molar-refractivity contribution in [3.63, 3.8) is 0 Å². The lowest BCUT2D eigenvalue weighted by Crippen LogP contribution is -2.42. The number of para-hydroxylation sites is 2. The summed E-state index contributed by atoms with van der Waals surface area (Å²) in [5, 5.41) is 23.7. The summed E-state index contributed by atoms with van der Waals surface area (Å²) in [6, 6.07) is 10.2. The Hall–Kier alpha value is -2.32. The number of rotatable bonds is 5. The average molecular weight is 435 g/mol. The third-order valence-corrected chi connectivity index (χ3v) is 5.54. The van der Waals surface area contributed by atoms with Crippen LogP contribution in [-0.2, 0) is 17.9 Å². The number of nitrogens with one attached hydrogen (secondary N) is 2. The molecule has 2 atom stereocenters. The molecule has 4 N–H and O–H groups in total. The topological polar surface area (TPSA) is 101 Å². The molecule has 0 radical (unpaired) electrons. The van der Waals surface area contributed by atoms with E-state index in [0.29, 0.717) is 29.4 Å². The van der Waals surface area contributed by atoms with E-state index in [4.69, 9.17) is 23.2 Å². The molecule has 0 bridgehead atoms.